The normalized spacial score (nSPS) is 20.6. The maximum atomic E-state index is 9.50. The SMILES string of the molecule is CC1(C)CCCN(Cc2ccc(O)c(Br)c2)CC1. The fraction of sp³-hybridized carbons (Fsp3) is 0.600. The summed E-state index contributed by atoms with van der Waals surface area (Å²) < 4.78 is 0.787. The van der Waals surface area contributed by atoms with Crippen LogP contribution in [0.2, 0.25) is 0 Å². The Morgan fingerprint density at radius 2 is 2.06 bits per heavy atom. The van der Waals surface area contributed by atoms with Crippen LogP contribution < -0.4 is 0 Å². The van der Waals surface area contributed by atoms with Crippen molar-refractivity contribution in [3.8, 4) is 5.75 Å². The smallest absolute Gasteiger partial charge is 0.129 e. The van der Waals surface area contributed by atoms with Crippen LogP contribution in [0.4, 0.5) is 0 Å². The van der Waals surface area contributed by atoms with Gasteiger partial charge in [0, 0.05) is 6.54 Å². The average molecular weight is 312 g/mol. The number of benzene rings is 1. The van der Waals surface area contributed by atoms with Gasteiger partial charge in [-0.1, -0.05) is 19.9 Å². The lowest BCUT2D eigenvalue weighted by molar-refractivity contribution is 0.256. The summed E-state index contributed by atoms with van der Waals surface area (Å²) >= 11 is 3.38. The summed E-state index contributed by atoms with van der Waals surface area (Å²) in [6, 6.07) is 5.79. The molecule has 2 rings (SSSR count). The molecule has 100 valence electrons. The van der Waals surface area contributed by atoms with E-state index in [-0.39, 0.29) is 0 Å². The molecule has 1 saturated heterocycles. The second-order valence-corrected chi connectivity index (χ2v) is 6.93. The zero-order valence-electron chi connectivity index (χ0n) is 11.2. The van der Waals surface area contributed by atoms with Crippen LogP contribution in [0.1, 0.15) is 38.7 Å². The van der Waals surface area contributed by atoms with Crippen LogP contribution in [-0.2, 0) is 6.54 Å². The molecule has 1 heterocycles. The number of phenols is 1. The number of hydrogen-bond acceptors (Lipinski definition) is 2. The van der Waals surface area contributed by atoms with E-state index < -0.39 is 0 Å². The van der Waals surface area contributed by atoms with Crippen molar-refractivity contribution in [1.82, 2.24) is 4.90 Å². The van der Waals surface area contributed by atoms with Crippen molar-refractivity contribution in [2.75, 3.05) is 13.1 Å². The number of nitrogens with zero attached hydrogens (tertiary/aromatic N) is 1. The molecule has 0 aromatic heterocycles. The summed E-state index contributed by atoms with van der Waals surface area (Å²) in [6.07, 6.45) is 3.88. The van der Waals surface area contributed by atoms with Crippen molar-refractivity contribution in [3.63, 3.8) is 0 Å². The van der Waals surface area contributed by atoms with Crippen LogP contribution >= 0.6 is 15.9 Å². The minimum absolute atomic E-state index is 0.316. The lowest BCUT2D eigenvalue weighted by atomic mass is 9.85. The standard InChI is InChI=1S/C15H22BrNO/c1-15(2)6-3-8-17(9-7-15)11-12-4-5-14(18)13(16)10-12/h4-5,10,18H,3,6-9,11H2,1-2H3. The third-order valence-corrected chi connectivity index (χ3v) is 4.49. The number of halogens is 1. The Kier molecular flexibility index (Phi) is 4.33. The van der Waals surface area contributed by atoms with Crippen molar-refractivity contribution in [2.45, 2.75) is 39.7 Å². The molecular formula is C15H22BrNO. The van der Waals surface area contributed by atoms with Crippen LogP contribution in [0.3, 0.4) is 0 Å². The van der Waals surface area contributed by atoms with E-state index in [4.69, 9.17) is 0 Å². The molecule has 0 unspecified atom stereocenters. The number of rotatable bonds is 2. The molecule has 1 aromatic carbocycles. The average Bonchev–Trinajstić information content (AvgIpc) is 2.46. The van der Waals surface area contributed by atoms with Crippen LogP contribution in [-0.4, -0.2) is 23.1 Å². The van der Waals surface area contributed by atoms with Crippen molar-refractivity contribution < 1.29 is 5.11 Å². The van der Waals surface area contributed by atoms with E-state index in [1.165, 1.54) is 37.9 Å². The summed E-state index contributed by atoms with van der Waals surface area (Å²) in [5.74, 6) is 0.316. The van der Waals surface area contributed by atoms with E-state index in [0.29, 0.717) is 11.2 Å². The van der Waals surface area contributed by atoms with Crippen LogP contribution in [0.5, 0.6) is 5.75 Å². The monoisotopic (exact) mass is 311 g/mol. The van der Waals surface area contributed by atoms with Gasteiger partial charge in [0.15, 0.2) is 0 Å². The Hall–Kier alpha value is -0.540. The minimum Gasteiger partial charge on any atom is -0.507 e. The lowest BCUT2D eigenvalue weighted by Gasteiger charge is -2.23. The minimum atomic E-state index is 0.316. The summed E-state index contributed by atoms with van der Waals surface area (Å²) in [5, 5.41) is 9.50. The molecule has 0 spiro atoms. The van der Waals surface area contributed by atoms with Gasteiger partial charge in [-0.05, 0) is 71.4 Å². The van der Waals surface area contributed by atoms with Crippen molar-refractivity contribution in [1.29, 1.82) is 0 Å². The van der Waals surface area contributed by atoms with E-state index in [1.807, 2.05) is 12.1 Å². The molecule has 3 heteroatoms. The fourth-order valence-electron chi connectivity index (χ4n) is 2.54. The number of aromatic hydroxyl groups is 1. The first-order valence-electron chi connectivity index (χ1n) is 6.66. The summed E-state index contributed by atoms with van der Waals surface area (Å²) in [5.41, 5.74) is 1.75. The lowest BCUT2D eigenvalue weighted by Crippen LogP contribution is -2.25. The molecule has 0 saturated carbocycles. The first-order chi connectivity index (χ1) is 8.46. The highest BCUT2D eigenvalue weighted by Gasteiger charge is 2.22. The summed E-state index contributed by atoms with van der Waals surface area (Å²) in [7, 11) is 0. The molecule has 1 fully saturated rings. The van der Waals surface area contributed by atoms with Gasteiger partial charge in [0.1, 0.15) is 5.75 Å². The Balaban J connectivity index is 1.98. The van der Waals surface area contributed by atoms with Crippen LogP contribution in [0.15, 0.2) is 22.7 Å². The highest BCUT2D eigenvalue weighted by molar-refractivity contribution is 9.10. The maximum Gasteiger partial charge on any atom is 0.129 e. The van der Waals surface area contributed by atoms with Gasteiger partial charge in [0.25, 0.3) is 0 Å². The second kappa shape index (κ2) is 5.62. The number of likely N-dealkylation sites (tertiary alicyclic amines) is 1. The summed E-state index contributed by atoms with van der Waals surface area (Å²) in [4.78, 5) is 2.52. The Morgan fingerprint density at radius 1 is 1.28 bits per heavy atom. The van der Waals surface area contributed by atoms with Gasteiger partial charge in [-0.2, -0.15) is 0 Å². The topological polar surface area (TPSA) is 23.5 Å². The van der Waals surface area contributed by atoms with E-state index in [1.54, 1.807) is 6.07 Å². The maximum absolute atomic E-state index is 9.50. The molecule has 1 aromatic rings. The zero-order chi connectivity index (χ0) is 13.2. The molecule has 1 aliphatic heterocycles. The van der Waals surface area contributed by atoms with Crippen molar-refractivity contribution in [3.05, 3.63) is 28.2 Å². The number of phenolic OH excluding ortho intramolecular Hbond substituents is 1. The molecule has 0 aliphatic carbocycles. The third-order valence-electron chi connectivity index (χ3n) is 3.85. The van der Waals surface area contributed by atoms with Gasteiger partial charge in [-0.3, -0.25) is 4.90 Å². The molecule has 0 radical (unpaired) electrons. The Labute approximate surface area is 118 Å². The predicted octanol–water partition coefficient (Wildman–Crippen LogP) is 4.17. The van der Waals surface area contributed by atoms with E-state index >= 15 is 0 Å². The zero-order valence-corrected chi connectivity index (χ0v) is 12.8. The van der Waals surface area contributed by atoms with Crippen LogP contribution in [0, 0.1) is 5.41 Å². The Bertz CT molecular complexity index is 417. The number of hydrogen-bond donors (Lipinski definition) is 1. The molecule has 1 aliphatic rings. The Morgan fingerprint density at radius 3 is 2.78 bits per heavy atom. The molecule has 0 bridgehead atoms. The first kappa shape index (κ1) is 13.9. The largest absolute Gasteiger partial charge is 0.507 e. The molecule has 18 heavy (non-hydrogen) atoms. The van der Waals surface area contributed by atoms with E-state index in [2.05, 4.69) is 34.7 Å². The van der Waals surface area contributed by atoms with Gasteiger partial charge < -0.3 is 5.11 Å². The van der Waals surface area contributed by atoms with Crippen molar-refractivity contribution in [2.24, 2.45) is 5.41 Å². The third kappa shape index (κ3) is 3.72. The van der Waals surface area contributed by atoms with E-state index in [9.17, 15) is 5.11 Å². The van der Waals surface area contributed by atoms with Crippen LogP contribution in [0.25, 0.3) is 0 Å². The fourth-order valence-corrected chi connectivity index (χ4v) is 2.97. The summed E-state index contributed by atoms with van der Waals surface area (Å²) in [6.45, 7) is 8.07. The quantitative estimate of drug-likeness (QED) is 0.886. The molecule has 2 nitrogen and oxygen atoms in total. The first-order valence-corrected chi connectivity index (χ1v) is 7.45. The highest BCUT2D eigenvalue weighted by atomic mass is 79.9. The van der Waals surface area contributed by atoms with Gasteiger partial charge in [0.2, 0.25) is 0 Å². The van der Waals surface area contributed by atoms with Gasteiger partial charge in [-0.15, -0.1) is 0 Å². The molecular weight excluding hydrogens is 290 g/mol. The second-order valence-electron chi connectivity index (χ2n) is 6.08. The molecule has 0 amide bonds. The molecule has 1 N–H and O–H groups in total. The van der Waals surface area contributed by atoms with Gasteiger partial charge >= 0.3 is 0 Å². The van der Waals surface area contributed by atoms with Crippen molar-refractivity contribution >= 4 is 15.9 Å². The van der Waals surface area contributed by atoms with E-state index in [0.717, 1.165) is 11.0 Å². The molecule has 0 atom stereocenters. The highest BCUT2D eigenvalue weighted by Crippen LogP contribution is 2.31. The van der Waals surface area contributed by atoms with Gasteiger partial charge in [-0.25, -0.2) is 0 Å². The predicted molar refractivity (Wildman–Crippen MR) is 78.7 cm³/mol. The van der Waals surface area contributed by atoms with Gasteiger partial charge in [0.05, 0.1) is 4.47 Å².